The second kappa shape index (κ2) is 6.91. The van der Waals surface area contributed by atoms with Crippen molar-refractivity contribution in [3.05, 3.63) is 54.0 Å². The minimum Gasteiger partial charge on any atom is -0.459 e. The van der Waals surface area contributed by atoms with Crippen molar-refractivity contribution >= 4 is 17.5 Å². The third-order valence-electron chi connectivity index (χ3n) is 2.68. The molecular formula is C15H13N3O3. The SMILES string of the molecule is N#CCC(=O)Nc1ccc(CNC(=O)c2ccco2)cc1. The normalized spacial score (nSPS) is 9.67. The summed E-state index contributed by atoms with van der Waals surface area (Å²) >= 11 is 0. The molecule has 21 heavy (non-hydrogen) atoms. The summed E-state index contributed by atoms with van der Waals surface area (Å²) in [5.74, 6) is -0.377. The first-order chi connectivity index (χ1) is 10.2. The highest BCUT2D eigenvalue weighted by atomic mass is 16.3. The highest BCUT2D eigenvalue weighted by molar-refractivity contribution is 5.92. The van der Waals surface area contributed by atoms with E-state index in [-0.39, 0.29) is 24.0 Å². The molecule has 106 valence electrons. The molecule has 0 saturated carbocycles. The zero-order valence-corrected chi connectivity index (χ0v) is 11.1. The quantitative estimate of drug-likeness (QED) is 0.878. The Morgan fingerprint density at radius 1 is 1.19 bits per heavy atom. The molecule has 0 aliphatic heterocycles. The first-order valence-electron chi connectivity index (χ1n) is 6.26. The molecule has 1 aromatic heterocycles. The molecule has 0 aliphatic rings. The van der Waals surface area contributed by atoms with E-state index in [4.69, 9.17) is 9.68 Å². The van der Waals surface area contributed by atoms with Crippen molar-refractivity contribution < 1.29 is 14.0 Å². The maximum Gasteiger partial charge on any atom is 0.287 e. The molecule has 0 spiro atoms. The molecule has 2 rings (SSSR count). The number of amides is 2. The zero-order chi connectivity index (χ0) is 15.1. The van der Waals surface area contributed by atoms with Crippen LogP contribution in [0.3, 0.4) is 0 Å². The van der Waals surface area contributed by atoms with E-state index in [0.717, 1.165) is 5.56 Å². The number of carbonyl (C=O) groups is 2. The van der Waals surface area contributed by atoms with Crippen LogP contribution in [0.25, 0.3) is 0 Å². The summed E-state index contributed by atoms with van der Waals surface area (Å²) in [7, 11) is 0. The van der Waals surface area contributed by atoms with Crippen LogP contribution in [0.2, 0.25) is 0 Å². The summed E-state index contributed by atoms with van der Waals surface area (Å²) in [5.41, 5.74) is 1.49. The molecule has 0 aliphatic carbocycles. The number of furan rings is 1. The first kappa shape index (κ1) is 14.3. The van der Waals surface area contributed by atoms with Gasteiger partial charge in [-0.1, -0.05) is 12.1 Å². The Morgan fingerprint density at radius 2 is 1.95 bits per heavy atom. The van der Waals surface area contributed by atoms with Crippen LogP contribution in [0, 0.1) is 11.3 Å². The first-order valence-corrected chi connectivity index (χ1v) is 6.26. The average molecular weight is 283 g/mol. The van der Waals surface area contributed by atoms with Gasteiger partial charge in [-0.2, -0.15) is 5.26 Å². The van der Waals surface area contributed by atoms with Gasteiger partial charge in [-0.05, 0) is 29.8 Å². The van der Waals surface area contributed by atoms with Gasteiger partial charge >= 0.3 is 0 Å². The Kier molecular flexibility index (Phi) is 4.72. The van der Waals surface area contributed by atoms with Crippen LogP contribution in [-0.4, -0.2) is 11.8 Å². The number of carbonyl (C=O) groups excluding carboxylic acids is 2. The van der Waals surface area contributed by atoms with Gasteiger partial charge in [-0.25, -0.2) is 0 Å². The van der Waals surface area contributed by atoms with E-state index < -0.39 is 0 Å². The molecule has 1 aromatic carbocycles. The van der Waals surface area contributed by atoms with E-state index in [9.17, 15) is 9.59 Å². The van der Waals surface area contributed by atoms with Gasteiger partial charge in [-0.3, -0.25) is 9.59 Å². The highest BCUT2D eigenvalue weighted by Gasteiger charge is 2.07. The van der Waals surface area contributed by atoms with Crippen LogP contribution in [-0.2, 0) is 11.3 Å². The number of nitrogens with one attached hydrogen (secondary N) is 2. The van der Waals surface area contributed by atoms with E-state index in [0.29, 0.717) is 12.2 Å². The molecule has 0 radical (unpaired) electrons. The lowest BCUT2D eigenvalue weighted by molar-refractivity contribution is -0.115. The van der Waals surface area contributed by atoms with E-state index in [1.54, 1.807) is 42.5 Å². The zero-order valence-electron chi connectivity index (χ0n) is 11.1. The summed E-state index contributed by atoms with van der Waals surface area (Å²) in [6, 6.07) is 12.0. The molecule has 0 saturated heterocycles. The highest BCUT2D eigenvalue weighted by Crippen LogP contribution is 2.10. The molecule has 6 nitrogen and oxygen atoms in total. The van der Waals surface area contributed by atoms with Gasteiger partial charge in [0.1, 0.15) is 6.42 Å². The minimum absolute atomic E-state index is 0.180. The van der Waals surface area contributed by atoms with Crippen molar-refractivity contribution in [3.63, 3.8) is 0 Å². The van der Waals surface area contributed by atoms with E-state index in [1.165, 1.54) is 6.26 Å². The fourth-order valence-corrected chi connectivity index (χ4v) is 1.66. The maximum absolute atomic E-state index is 11.7. The lowest BCUT2D eigenvalue weighted by atomic mass is 10.2. The van der Waals surface area contributed by atoms with Crippen LogP contribution < -0.4 is 10.6 Å². The lowest BCUT2D eigenvalue weighted by Crippen LogP contribution is -2.22. The number of rotatable bonds is 5. The van der Waals surface area contributed by atoms with E-state index >= 15 is 0 Å². The number of nitrogens with zero attached hydrogens (tertiary/aromatic N) is 1. The third kappa shape index (κ3) is 4.21. The smallest absolute Gasteiger partial charge is 0.287 e. The molecule has 2 amide bonds. The average Bonchev–Trinajstić information content (AvgIpc) is 3.01. The van der Waals surface area contributed by atoms with Crippen molar-refractivity contribution in [2.24, 2.45) is 0 Å². The van der Waals surface area contributed by atoms with E-state index in [2.05, 4.69) is 10.6 Å². The van der Waals surface area contributed by atoms with Crippen LogP contribution >= 0.6 is 0 Å². The number of anilines is 1. The Balaban J connectivity index is 1.86. The predicted molar refractivity (Wildman–Crippen MR) is 75.2 cm³/mol. The van der Waals surface area contributed by atoms with Gasteiger partial charge in [-0.15, -0.1) is 0 Å². The van der Waals surface area contributed by atoms with Crippen LogP contribution in [0.4, 0.5) is 5.69 Å². The van der Waals surface area contributed by atoms with Crippen LogP contribution in [0.1, 0.15) is 22.5 Å². The Morgan fingerprint density at radius 3 is 2.57 bits per heavy atom. The Hall–Kier alpha value is -3.07. The number of hydrogen-bond donors (Lipinski definition) is 2. The Bertz CT molecular complexity index is 654. The predicted octanol–water partition coefficient (Wildman–Crippen LogP) is 2.06. The summed E-state index contributed by atoms with van der Waals surface area (Å²) < 4.78 is 4.98. The number of hydrogen-bond acceptors (Lipinski definition) is 4. The fraction of sp³-hybridized carbons (Fsp3) is 0.133. The third-order valence-corrected chi connectivity index (χ3v) is 2.68. The van der Waals surface area contributed by atoms with Gasteiger partial charge in [0.25, 0.3) is 5.91 Å². The van der Waals surface area contributed by atoms with Gasteiger partial charge < -0.3 is 15.1 Å². The largest absolute Gasteiger partial charge is 0.459 e. The Labute approximate surface area is 121 Å². The summed E-state index contributed by atoms with van der Waals surface area (Å²) in [6.07, 6.45) is 1.26. The van der Waals surface area contributed by atoms with Gasteiger partial charge in [0.15, 0.2) is 5.76 Å². The topological polar surface area (TPSA) is 95.1 Å². The van der Waals surface area contributed by atoms with Crippen molar-refractivity contribution in [3.8, 4) is 6.07 Å². The maximum atomic E-state index is 11.7. The molecule has 2 N–H and O–H groups in total. The summed E-state index contributed by atoms with van der Waals surface area (Å²) in [6.45, 7) is 0.353. The van der Waals surface area contributed by atoms with Gasteiger partial charge in [0.05, 0.1) is 12.3 Å². The molecule has 6 heteroatoms. The van der Waals surface area contributed by atoms with Crippen molar-refractivity contribution in [2.75, 3.05) is 5.32 Å². The van der Waals surface area contributed by atoms with Crippen LogP contribution in [0.5, 0.6) is 0 Å². The summed E-state index contributed by atoms with van der Waals surface area (Å²) in [4.78, 5) is 22.9. The summed E-state index contributed by atoms with van der Waals surface area (Å²) in [5, 5.41) is 13.7. The molecule has 1 heterocycles. The standard InChI is InChI=1S/C15H13N3O3/c16-8-7-14(19)18-12-5-3-11(4-6-12)10-17-15(20)13-2-1-9-21-13/h1-6,9H,7,10H2,(H,17,20)(H,18,19). The molecule has 0 bridgehead atoms. The second-order valence-corrected chi connectivity index (χ2v) is 4.24. The molecule has 0 fully saturated rings. The number of benzene rings is 1. The van der Waals surface area contributed by atoms with Crippen molar-refractivity contribution in [1.82, 2.24) is 5.32 Å². The van der Waals surface area contributed by atoms with Gasteiger partial charge in [0, 0.05) is 12.2 Å². The number of nitriles is 1. The van der Waals surface area contributed by atoms with Gasteiger partial charge in [0.2, 0.25) is 5.91 Å². The molecule has 0 atom stereocenters. The molecule has 2 aromatic rings. The van der Waals surface area contributed by atoms with Crippen molar-refractivity contribution in [2.45, 2.75) is 13.0 Å². The van der Waals surface area contributed by atoms with Crippen LogP contribution in [0.15, 0.2) is 47.1 Å². The second-order valence-electron chi connectivity index (χ2n) is 4.24. The lowest BCUT2D eigenvalue weighted by Gasteiger charge is -2.06. The molecular weight excluding hydrogens is 270 g/mol. The molecule has 0 unspecified atom stereocenters. The minimum atomic E-state index is -0.351. The van der Waals surface area contributed by atoms with E-state index in [1.807, 2.05) is 0 Å². The van der Waals surface area contributed by atoms with Crippen molar-refractivity contribution in [1.29, 1.82) is 5.26 Å². The fourth-order valence-electron chi connectivity index (χ4n) is 1.66. The monoisotopic (exact) mass is 283 g/mol.